The van der Waals surface area contributed by atoms with Crippen LogP contribution in [0.5, 0.6) is 0 Å². The Hall–Kier alpha value is -2.09. The van der Waals surface area contributed by atoms with E-state index >= 15 is 0 Å². The number of pyridine rings is 1. The second-order valence-corrected chi connectivity index (χ2v) is 9.17. The molecular formula is C19H27N3O4S. The van der Waals surface area contributed by atoms with Gasteiger partial charge in [0, 0.05) is 19.3 Å². The molecule has 0 N–H and O–H groups in total. The van der Waals surface area contributed by atoms with Crippen LogP contribution in [0.4, 0.5) is 5.69 Å². The highest BCUT2D eigenvalue weighted by Gasteiger charge is 2.25. The van der Waals surface area contributed by atoms with Crippen LogP contribution in [0, 0.1) is 5.92 Å². The fraction of sp³-hybridized carbons (Fsp3) is 0.579. The maximum absolute atomic E-state index is 12.7. The predicted molar refractivity (Wildman–Crippen MR) is 104 cm³/mol. The van der Waals surface area contributed by atoms with Crippen LogP contribution < -0.4 is 4.90 Å². The molecule has 2 aromatic rings. The number of piperidine rings is 1. The Labute approximate surface area is 160 Å². The quantitative estimate of drug-likeness (QED) is 0.702. The molecule has 0 unspecified atom stereocenters. The van der Waals surface area contributed by atoms with Gasteiger partial charge >= 0.3 is 5.97 Å². The van der Waals surface area contributed by atoms with Gasteiger partial charge in [0.1, 0.15) is 0 Å². The van der Waals surface area contributed by atoms with Crippen LogP contribution in [0.1, 0.15) is 50.4 Å². The third-order valence-corrected chi connectivity index (χ3v) is 6.86. The number of rotatable bonds is 6. The Kier molecular flexibility index (Phi) is 5.74. The number of aromatic nitrogens is 2. The van der Waals surface area contributed by atoms with Gasteiger partial charge in [0.05, 0.1) is 29.8 Å². The maximum Gasteiger partial charge on any atom is 0.339 e. The average Bonchev–Trinajstić information content (AvgIpc) is 3.07. The van der Waals surface area contributed by atoms with Crippen molar-refractivity contribution in [3.05, 3.63) is 24.0 Å². The highest BCUT2D eigenvalue weighted by Crippen LogP contribution is 2.29. The summed E-state index contributed by atoms with van der Waals surface area (Å²) >= 11 is 0. The number of esters is 1. The van der Waals surface area contributed by atoms with Crippen LogP contribution in [0.25, 0.3) is 5.65 Å². The summed E-state index contributed by atoms with van der Waals surface area (Å²) in [6.45, 7) is 7.77. The van der Waals surface area contributed by atoms with Gasteiger partial charge in [-0.2, -0.15) is 0 Å². The second kappa shape index (κ2) is 7.88. The number of imidazole rings is 1. The van der Waals surface area contributed by atoms with E-state index in [0.717, 1.165) is 31.6 Å². The van der Waals surface area contributed by atoms with E-state index in [9.17, 15) is 13.2 Å². The summed E-state index contributed by atoms with van der Waals surface area (Å²) in [4.78, 5) is 18.9. The number of nitrogens with zero attached hydrogens (tertiary/aromatic N) is 3. The lowest BCUT2D eigenvalue weighted by atomic mass is 9.99. The largest absolute Gasteiger partial charge is 0.462 e. The van der Waals surface area contributed by atoms with E-state index in [0.29, 0.717) is 23.5 Å². The normalized spacial score (nSPS) is 16.0. The summed E-state index contributed by atoms with van der Waals surface area (Å²) < 4.78 is 32.0. The Morgan fingerprint density at radius 3 is 2.63 bits per heavy atom. The van der Waals surface area contributed by atoms with Gasteiger partial charge in [0.15, 0.2) is 20.5 Å². The van der Waals surface area contributed by atoms with Gasteiger partial charge in [-0.05, 0) is 38.2 Å². The zero-order valence-corrected chi connectivity index (χ0v) is 17.0. The Morgan fingerprint density at radius 1 is 1.30 bits per heavy atom. The van der Waals surface area contributed by atoms with Crippen molar-refractivity contribution in [3.8, 4) is 0 Å². The van der Waals surface area contributed by atoms with Crippen molar-refractivity contribution in [2.24, 2.45) is 5.92 Å². The van der Waals surface area contributed by atoms with Gasteiger partial charge in [-0.1, -0.05) is 13.8 Å². The number of carbonyl (C=O) groups excluding carboxylic acids is 1. The Bertz CT molecular complexity index is 928. The van der Waals surface area contributed by atoms with Gasteiger partial charge in [-0.3, -0.25) is 4.40 Å². The van der Waals surface area contributed by atoms with Crippen LogP contribution in [-0.4, -0.2) is 49.2 Å². The predicted octanol–water partition coefficient (Wildman–Crippen LogP) is 2.93. The van der Waals surface area contributed by atoms with Crippen molar-refractivity contribution in [3.63, 3.8) is 0 Å². The van der Waals surface area contributed by atoms with Crippen molar-refractivity contribution >= 4 is 27.1 Å². The minimum Gasteiger partial charge on any atom is -0.462 e. The van der Waals surface area contributed by atoms with E-state index in [-0.39, 0.29) is 17.4 Å². The number of hydrogen-bond donors (Lipinski definition) is 0. The second-order valence-electron chi connectivity index (χ2n) is 7.11. The molecule has 148 valence electrons. The van der Waals surface area contributed by atoms with E-state index in [2.05, 4.69) is 16.8 Å². The first kappa shape index (κ1) is 19.7. The zero-order chi connectivity index (χ0) is 19.6. The summed E-state index contributed by atoms with van der Waals surface area (Å²) in [5.74, 6) is 0.241. The summed E-state index contributed by atoms with van der Waals surface area (Å²) in [7, 11) is -3.47. The van der Waals surface area contributed by atoms with Crippen molar-refractivity contribution in [2.75, 3.05) is 30.3 Å². The maximum atomic E-state index is 12.7. The molecule has 0 saturated carbocycles. The first-order valence-electron chi connectivity index (χ1n) is 9.53. The number of anilines is 1. The smallest absolute Gasteiger partial charge is 0.339 e. The van der Waals surface area contributed by atoms with E-state index < -0.39 is 15.8 Å². The van der Waals surface area contributed by atoms with Gasteiger partial charge < -0.3 is 9.64 Å². The minimum atomic E-state index is -3.47. The van der Waals surface area contributed by atoms with Gasteiger partial charge in [-0.15, -0.1) is 0 Å². The summed E-state index contributed by atoms with van der Waals surface area (Å²) in [6.07, 6.45) is 5.54. The SMILES string of the molecule is CCCS(=O)(=O)c1cnc2c(N3CCC(C)CC3)cc(C(=O)OCC)cn12. The van der Waals surface area contributed by atoms with Crippen LogP contribution in [-0.2, 0) is 14.6 Å². The lowest BCUT2D eigenvalue weighted by molar-refractivity contribution is 0.0525. The summed E-state index contributed by atoms with van der Waals surface area (Å²) in [6, 6.07) is 1.77. The number of fused-ring (bicyclic) bond motifs is 1. The summed E-state index contributed by atoms with van der Waals surface area (Å²) in [5, 5.41) is 0.122. The molecule has 0 spiro atoms. The minimum absolute atomic E-state index is 0.0426. The van der Waals surface area contributed by atoms with Crippen molar-refractivity contribution in [1.82, 2.24) is 9.38 Å². The molecule has 0 amide bonds. The van der Waals surface area contributed by atoms with E-state index in [1.165, 1.54) is 16.8 Å². The standard InChI is InChI=1S/C19H27N3O4S/c1-4-10-27(24,25)17-12-20-18-16(21-8-6-14(3)7-9-21)11-15(13-22(17)18)19(23)26-5-2/h11-14H,4-10H2,1-3H3. The molecule has 0 aromatic carbocycles. The fourth-order valence-corrected chi connectivity index (χ4v) is 4.86. The molecule has 1 aliphatic heterocycles. The number of ether oxygens (including phenoxy) is 1. The average molecular weight is 394 g/mol. The molecule has 1 aliphatic rings. The molecule has 3 heterocycles. The van der Waals surface area contributed by atoms with Gasteiger partial charge in [-0.25, -0.2) is 18.2 Å². The molecule has 0 bridgehead atoms. The van der Waals surface area contributed by atoms with Crippen molar-refractivity contribution in [2.45, 2.75) is 45.1 Å². The van der Waals surface area contributed by atoms with Gasteiger partial charge in [0.25, 0.3) is 0 Å². The van der Waals surface area contributed by atoms with Crippen molar-refractivity contribution in [1.29, 1.82) is 0 Å². The van der Waals surface area contributed by atoms with Crippen LogP contribution in [0.15, 0.2) is 23.5 Å². The fourth-order valence-electron chi connectivity index (χ4n) is 3.46. The molecule has 2 aromatic heterocycles. The molecule has 0 radical (unpaired) electrons. The molecule has 3 rings (SSSR count). The van der Waals surface area contributed by atoms with Crippen LogP contribution in [0.2, 0.25) is 0 Å². The molecule has 0 atom stereocenters. The topological polar surface area (TPSA) is 81.0 Å². The number of hydrogen-bond acceptors (Lipinski definition) is 6. The lowest BCUT2D eigenvalue weighted by Gasteiger charge is -2.32. The molecule has 1 saturated heterocycles. The Balaban J connectivity index is 2.16. The molecule has 1 fully saturated rings. The van der Waals surface area contributed by atoms with E-state index in [1.54, 1.807) is 13.0 Å². The Morgan fingerprint density at radius 2 is 2.00 bits per heavy atom. The highest BCUT2D eigenvalue weighted by molar-refractivity contribution is 7.91. The molecule has 0 aliphatic carbocycles. The summed E-state index contributed by atoms with van der Waals surface area (Å²) in [5.41, 5.74) is 1.68. The van der Waals surface area contributed by atoms with E-state index in [1.807, 2.05) is 6.92 Å². The van der Waals surface area contributed by atoms with Gasteiger partial charge in [0.2, 0.25) is 0 Å². The monoisotopic (exact) mass is 393 g/mol. The first-order chi connectivity index (χ1) is 12.9. The first-order valence-corrected chi connectivity index (χ1v) is 11.2. The van der Waals surface area contributed by atoms with Crippen LogP contribution in [0.3, 0.4) is 0 Å². The molecule has 7 nitrogen and oxygen atoms in total. The van der Waals surface area contributed by atoms with E-state index in [4.69, 9.17) is 4.74 Å². The zero-order valence-electron chi connectivity index (χ0n) is 16.1. The lowest BCUT2D eigenvalue weighted by Crippen LogP contribution is -2.33. The highest BCUT2D eigenvalue weighted by atomic mass is 32.2. The van der Waals surface area contributed by atoms with Crippen LogP contribution >= 0.6 is 0 Å². The molecule has 27 heavy (non-hydrogen) atoms. The van der Waals surface area contributed by atoms with Crippen molar-refractivity contribution < 1.29 is 17.9 Å². The molecule has 8 heteroatoms. The molecular weight excluding hydrogens is 366 g/mol. The third-order valence-electron chi connectivity index (χ3n) is 4.98. The third kappa shape index (κ3) is 3.95. The number of sulfone groups is 1. The number of carbonyl (C=O) groups is 1.